The molecule has 1 atom stereocenters. The third-order valence-electron chi connectivity index (χ3n) is 2.64. The van der Waals surface area contributed by atoms with Crippen LogP contribution in [0.25, 0.3) is 0 Å². The lowest BCUT2D eigenvalue weighted by molar-refractivity contribution is -0.119. The Morgan fingerprint density at radius 1 is 1.43 bits per heavy atom. The van der Waals surface area contributed by atoms with Crippen LogP contribution in [-0.4, -0.2) is 36.5 Å². The predicted octanol–water partition coefficient (Wildman–Crippen LogP) is 1.41. The average molecular weight is 198 g/mol. The van der Waals surface area contributed by atoms with Gasteiger partial charge in [0.05, 0.1) is 0 Å². The first-order valence-corrected chi connectivity index (χ1v) is 4.83. The fourth-order valence-corrected chi connectivity index (χ4v) is 1.15. The van der Waals surface area contributed by atoms with Gasteiger partial charge in [-0.05, 0) is 41.8 Å². The Kier molecular flexibility index (Phi) is 4.33. The average Bonchev–Trinajstić information content (AvgIpc) is 2.01. The number of likely N-dealkylation sites (N-methyl/N-ethyl adjacent to an activating group) is 1. The van der Waals surface area contributed by atoms with Gasteiger partial charge < -0.3 is 10.2 Å². The van der Waals surface area contributed by atoms with E-state index in [1.807, 2.05) is 27.9 Å². The van der Waals surface area contributed by atoms with Crippen molar-refractivity contribution in [3.63, 3.8) is 0 Å². The van der Waals surface area contributed by atoms with Gasteiger partial charge in [-0.1, -0.05) is 6.58 Å². The second-order valence-electron chi connectivity index (χ2n) is 4.60. The van der Waals surface area contributed by atoms with Crippen molar-refractivity contribution in [3.8, 4) is 0 Å². The van der Waals surface area contributed by atoms with Gasteiger partial charge in [0.25, 0.3) is 0 Å². The van der Waals surface area contributed by atoms with Crippen molar-refractivity contribution in [1.29, 1.82) is 0 Å². The van der Waals surface area contributed by atoms with Gasteiger partial charge in [0, 0.05) is 17.2 Å². The van der Waals surface area contributed by atoms with Crippen molar-refractivity contribution in [2.75, 3.05) is 14.1 Å². The molecule has 0 heterocycles. The first kappa shape index (κ1) is 13.2. The van der Waals surface area contributed by atoms with Gasteiger partial charge in [-0.15, -0.1) is 0 Å². The van der Waals surface area contributed by atoms with E-state index in [4.69, 9.17) is 0 Å². The summed E-state index contributed by atoms with van der Waals surface area (Å²) in [4.78, 5) is 13.5. The number of nitrogens with one attached hydrogen (secondary N) is 1. The largest absolute Gasteiger partial charge is 0.346 e. The highest BCUT2D eigenvalue weighted by atomic mass is 16.1. The van der Waals surface area contributed by atoms with Crippen LogP contribution in [0.5, 0.6) is 0 Å². The lowest BCUT2D eigenvalue weighted by atomic mass is 9.94. The Hall–Kier alpha value is -0.830. The Morgan fingerprint density at radius 2 is 1.86 bits per heavy atom. The fourth-order valence-electron chi connectivity index (χ4n) is 1.15. The molecule has 3 nitrogen and oxygen atoms in total. The van der Waals surface area contributed by atoms with Crippen LogP contribution in [0.4, 0.5) is 0 Å². The Bertz CT molecular complexity index is 231. The van der Waals surface area contributed by atoms with Gasteiger partial charge in [0.15, 0.2) is 0 Å². The first-order chi connectivity index (χ1) is 6.18. The topological polar surface area (TPSA) is 32.3 Å². The molecule has 0 fully saturated rings. The van der Waals surface area contributed by atoms with Gasteiger partial charge in [-0.25, -0.2) is 0 Å². The number of hydrogen-bond donors (Lipinski definition) is 1. The Labute approximate surface area is 87.2 Å². The van der Waals surface area contributed by atoms with Crippen LogP contribution < -0.4 is 5.32 Å². The zero-order valence-corrected chi connectivity index (χ0v) is 10.1. The van der Waals surface area contributed by atoms with Crippen molar-refractivity contribution < 1.29 is 4.79 Å². The predicted molar refractivity (Wildman–Crippen MR) is 60.2 cm³/mol. The molecule has 1 unspecified atom stereocenters. The number of amides is 1. The van der Waals surface area contributed by atoms with E-state index in [0.29, 0.717) is 5.57 Å². The highest BCUT2D eigenvalue weighted by Crippen LogP contribution is 2.13. The number of nitrogens with zero attached hydrogens (tertiary/aromatic N) is 1. The summed E-state index contributed by atoms with van der Waals surface area (Å²) in [7, 11) is 4.00. The number of hydrogen-bond acceptors (Lipinski definition) is 2. The van der Waals surface area contributed by atoms with E-state index in [1.165, 1.54) is 0 Å². The van der Waals surface area contributed by atoms with E-state index < -0.39 is 0 Å². The van der Waals surface area contributed by atoms with Crippen molar-refractivity contribution in [2.45, 2.75) is 39.3 Å². The zero-order chi connectivity index (χ0) is 11.5. The minimum atomic E-state index is -0.250. The molecular weight excluding hydrogens is 176 g/mol. The molecular formula is C11H22N2O. The molecule has 3 heteroatoms. The van der Waals surface area contributed by atoms with Crippen molar-refractivity contribution in [1.82, 2.24) is 10.2 Å². The van der Waals surface area contributed by atoms with E-state index >= 15 is 0 Å². The second kappa shape index (κ2) is 4.60. The summed E-state index contributed by atoms with van der Waals surface area (Å²) in [6.45, 7) is 11.4. The lowest BCUT2D eigenvalue weighted by Gasteiger charge is -2.37. The monoisotopic (exact) mass is 198 g/mol. The Morgan fingerprint density at radius 3 is 2.14 bits per heavy atom. The second-order valence-corrected chi connectivity index (χ2v) is 4.60. The molecule has 14 heavy (non-hydrogen) atoms. The van der Waals surface area contributed by atoms with Crippen molar-refractivity contribution in [2.24, 2.45) is 0 Å². The standard InChI is InChI=1S/C11H22N2O/c1-8(2)10(14)12-11(4,5)9(3)13(6)7/h9H,1H2,2-7H3,(H,12,14). The maximum Gasteiger partial charge on any atom is 0.246 e. The van der Waals surface area contributed by atoms with E-state index in [0.717, 1.165) is 0 Å². The molecule has 0 aliphatic rings. The van der Waals surface area contributed by atoms with Crippen molar-refractivity contribution >= 4 is 5.91 Å². The normalized spacial score (nSPS) is 13.9. The third-order valence-corrected chi connectivity index (χ3v) is 2.64. The molecule has 0 bridgehead atoms. The van der Waals surface area contributed by atoms with E-state index in [1.54, 1.807) is 6.92 Å². The van der Waals surface area contributed by atoms with Gasteiger partial charge in [0.1, 0.15) is 0 Å². The molecule has 0 saturated heterocycles. The van der Waals surface area contributed by atoms with Crippen LogP contribution in [0.1, 0.15) is 27.7 Å². The SMILES string of the molecule is C=C(C)C(=O)NC(C)(C)C(C)N(C)C. The van der Waals surface area contributed by atoms with E-state index in [-0.39, 0.29) is 17.5 Å². The van der Waals surface area contributed by atoms with Gasteiger partial charge in [0.2, 0.25) is 5.91 Å². The van der Waals surface area contributed by atoms with Crippen LogP contribution in [0.2, 0.25) is 0 Å². The molecule has 0 aliphatic carbocycles. The van der Waals surface area contributed by atoms with Gasteiger partial charge in [-0.2, -0.15) is 0 Å². The number of carbonyl (C=O) groups excluding carboxylic acids is 1. The van der Waals surface area contributed by atoms with Crippen LogP contribution in [0, 0.1) is 0 Å². The molecule has 0 saturated carbocycles. The molecule has 0 aromatic heterocycles. The summed E-state index contributed by atoms with van der Waals surface area (Å²) in [5, 5.41) is 2.96. The molecule has 0 rings (SSSR count). The quantitative estimate of drug-likeness (QED) is 0.693. The molecule has 0 radical (unpaired) electrons. The highest BCUT2D eigenvalue weighted by Gasteiger charge is 2.28. The summed E-state index contributed by atoms with van der Waals surface area (Å²) in [5.41, 5.74) is 0.295. The van der Waals surface area contributed by atoms with Gasteiger partial charge >= 0.3 is 0 Å². The maximum atomic E-state index is 11.5. The third kappa shape index (κ3) is 3.50. The summed E-state index contributed by atoms with van der Waals surface area (Å²) >= 11 is 0. The van der Waals surface area contributed by atoms with Crippen molar-refractivity contribution in [3.05, 3.63) is 12.2 Å². The van der Waals surface area contributed by atoms with Crippen LogP contribution in [-0.2, 0) is 4.79 Å². The highest BCUT2D eigenvalue weighted by molar-refractivity contribution is 5.92. The number of carbonyl (C=O) groups is 1. The van der Waals surface area contributed by atoms with Crippen LogP contribution in [0.3, 0.4) is 0 Å². The molecule has 0 aliphatic heterocycles. The van der Waals surface area contributed by atoms with Crippen LogP contribution in [0.15, 0.2) is 12.2 Å². The van der Waals surface area contributed by atoms with Crippen LogP contribution >= 0.6 is 0 Å². The number of rotatable bonds is 4. The zero-order valence-electron chi connectivity index (χ0n) is 10.1. The molecule has 0 aromatic carbocycles. The molecule has 1 amide bonds. The Balaban J connectivity index is 4.48. The summed E-state index contributed by atoms with van der Waals surface area (Å²) in [5.74, 6) is -0.0799. The first-order valence-electron chi connectivity index (χ1n) is 4.83. The summed E-state index contributed by atoms with van der Waals surface area (Å²) in [6.07, 6.45) is 0. The molecule has 1 N–H and O–H groups in total. The minimum Gasteiger partial charge on any atom is -0.346 e. The lowest BCUT2D eigenvalue weighted by Crippen LogP contribution is -2.55. The van der Waals surface area contributed by atoms with E-state index in [2.05, 4.69) is 23.7 Å². The van der Waals surface area contributed by atoms with E-state index in [9.17, 15) is 4.79 Å². The fraction of sp³-hybridized carbons (Fsp3) is 0.727. The van der Waals surface area contributed by atoms with Gasteiger partial charge in [-0.3, -0.25) is 4.79 Å². The molecule has 0 spiro atoms. The molecule has 82 valence electrons. The smallest absolute Gasteiger partial charge is 0.246 e. The minimum absolute atomic E-state index is 0.0799. The maximum absolute atomic E-state index is 11.5. The summed E-state index contributed by atoms with van der Waals surface area (Å²) < 4.78 is 0. The summed E-state index contributed by atoms with van der Waals surface area (Å²) in [6, 6.07) is 0.269. The molecule has 0 aromatic rings.